The molecule has 0 unspecified atom stereocenters. The van der Waals surface area contributed by atoms with Gasteiger partial charge >= 0.3 is 0 Å². The van der Waals surface area contributed by atoms with E-state index in [1.807, 2.05) is 12.1 Å². The van der Waals surface area contributed by atoms with E-state index in [1.165, 1.54) is 16.7 Å². The minimum Gasteiger partial charge on any atom is -0.496 e. The highest BCUT2D eigenvalue weighted by atomic mass is 16.5. The van der Waals surface area contributed by atoms with E-state index in [1.54, 1.807) is 7.11 Å². The zero-order valence-corrected chi connectivity index (χ0v) is 14.1. The molecule has 0 atom stereocenters. The quantitative estimate of drug-likeness (QED) is 0.708. The maximum Gasteiger partial charge on any atom is 0.127 e. The molecule has 2 heteroatoms. The predicted octanol–water partition coefficient (Wildman–Crippen LogP) is 3.59. The van der Waals surface area contributed by atoms with Crippen LogP contribution in [0.15, 0.2) is 84.9 Å². The molecule has 3 rings (SSSR count). The van der Waals surface area contributed by atoms with E-state index in [0.717, 1.165) is 18.8 Å². The zero-order valence-electron chi connectivity index (χ0n) is 14.1. The summed E-state index contributed by atoms with van der Waals surface area (Å²) in [6, 6.07) is 29.7. The highest BCUT2D eigenvalue weighted by Gasteiger charge is 2.16. The van der Waals surface area contributed by atoms with Crippen molar-refractivity contribution in [3.63, 3.8) is 0 Å². The normalized spacial score (nSPS) is 10.8. The van der Waals surface area contributed by atoms with Crippen LogP contribution in [-0.4, -0.2) is 13.7 Å². The number of ether oxygens (including phenoxy) is 1. The second-order valence-electron chi connectivity index (χ2n) is 5.91. The van der Waals surface area contributed by atoms with Gasteiger partial charge in [0.05, 0.1) is 19.6 Å². The highest BCUT2D eigenvalue weighted by molar-refractivity contribution is 5.33. The average Bonchev–Trinajstić information content (AvgIpc) is 2.67. The van der Waals surface area contributed by atoms with Crippen LogP contribution in [0.1, 0.15) is 22.6 Å². The van der Waals surface area contributed by atoms with Crippen LogP contribution in [0.3, 0.4) is 0 Å². The lowest BCUT2D eigenvalue weighted by Crippen LogP contribution is -2.83. The van der Waals surface area contributed by atoms with Crippen molar-refractivity contribution in [2.45, 2.75) is 12.5 Å². The fourth-order valence-corrected chi connectivity index (χ4v) is 3.11. The molecule has 0 aliphatic heterocycles. The summed E-state index contributed by atoms with van der Waals surface area (Å²) in [5, 5.41) is 2.36. The summed E-state index contributed by atoms with van der Waals surface area (Å²) in [4.78, 5) is 0. The summed E-state index contributed by atoms with van der Waals surface area (Å²) in [6.45, 7) is 1.92. The lowest BCUT2D eigenvalue weighted by molar-refractivity contribution is -0.672. The van der Waals surface area contributed by atoms with Gasteiger partial charge in [0.2, 0.25) is 0 Å². The first-order chi connectivity index (χ1) is 11.9. The van der Waals surface area contributed by atoms with E-state index in [-0.39, 0.29) is 0 Å². The Balaban J connectivity index is 1.73. The Labute approximate surface area is 144 Å². The van der Waals surface area contributed by atoms with E-state index >= 15 is 0 Å². The number of benzene rings is 3. The van der Waals surface area contributed by atoms with Gasteiger partial charge < -0.3 is 10.1 Å². The first kappa shape index (κ1) is 16.3. The Morgan fingerprint density at radius 3 is 1.88 bits per heavy atom. The van der Waals surface area contributed by atoms with E-state index < -0.39 is 0 Å². The maximum atomic E-state index is 5.45. The van der Waals surface area contributed by atoms with Gasteiger partial charge in [0, 0.05) is 5.56 Å². The van der Waals surface area contributed by atoms with Crippen molar-refractivity contribution >= 4 is 0 Å². The number of quaternary nitrogens is 1. The zero-order chi connectivity index (χ0) is 16.6. The monoisotopic (exact) mass is 318 g/mol. The molecular weight excluding hydrogens is 294 g/mol. The molecule has 3 aromatic rings. The predicted molar refractivity (Wildman–Crippen MR) is 98.2 cm³/mol. The summed E-state index contributed by atoms with van der Waals surface area (Å²) in [7, 11) is 1.73. The smallest absolute Gasteiger partial charge is 0.127 e. The largest absolute Gasteiger partial charge is 0.496 e. The van der Waals surface area contributed by atoms with Crippen molar-refractivity contribution in [2.75, 3.05) is 13.7 Å². The van der Waals surface area contributed by atoms with Gasteiger partial charge in [-0.05, 0) is 23.3 Å². The summed E-state index contributed by atoms with van der Waals surface area (Å²) in [6.07, 6.45) is 0. The van der Waals surface area contributed by atoms with Gasteiger partial charge in [0.15, 0.2) is 0 Å². The van der Waals surface area contributed by atoms with E-state index in [0.29, 0.717) is 5.92 Å². The fourth-order valence-electron chi connectivity index (χ4n) is 3.11. The molecule has 0 spiro atoms. The fraction of sp³-hybridized carbons (Fsp3) is 0.182. The molecule has 0 saturated heterocycles. The minimum absolute atomic E-state index is 0.391. The Bertz CT molecular complexity index is 701. The molecule has 24 heavy (non-hydrogen) atoms. The molecule has 0 aliphatic carbocycles. The third kappa shape index (κ3) is 4.03. The molecule has 2 N–H and O–H groups in total. The third-order valence-electron chi connectivity index (χ3n) is 4.36. The van der Waals surface area contributed by atoms with Crippen LogP contribution in [0.4, 0.5) is 0 Å². The molecule has 0 fully saturated rings. The molecule has 0 amide bonds. The summed E-state index contributed by atoms with van der Waals surface area (Å²) in [5.74, 6) is 1.35. The van der Waals surface area contributed by atoms with Crippen molar-refractivity contribution in [3.05, 3.63) is 102 Å². The highest BCUT2D eigenvalue weighted by Crippen LogP contribution is 2.23. The van der Waals surface area contributed by atoms with Crippen LogP contribution >= 0.6 is 0 Å². The summed E-state index contributed by atoms with van der Waals surface area (Å²) >= 11 is 0. The van der Waals surface area contributed by atoms with Crippen LogP contribution in [0.5, 0.6) is 5.75 Å². The van der Waals surface area contributed by atoms with E-state index in [2.05, 4.69) is 78.1 Å². The van der Waals surface area contributed by atoms with Crippen LogP contribution in [0.25, 0.3) is 0 Å². The average molecular weight is 318 g/mol. The SMILES string of the molecule is COc1ccccc1C[NH2+]CC(c1ccccc1)c1ccccc1. The van der Waals surface area contributed by atoms with Crippen LogP contribution in [0, 0.1) is 0 Å². The number of methoxy groups -OCH3 is 1. The molecule has 3 aromatic carbocycles. The molecule has 0 heterocycles. The molecule has 0 radical (unpaired) electrons. The first-order valence-electron chi connectivity index (χ1n) is 8.42. The van der Waals surface area contributed by atoms with Gasteiger partial charge in [-0.2, -0.15) is 0 Å². The Hall–Kier alpha value is -2.58. The van der Waals surface area contributed by atoms with Crippen LogP contribution < -0.4 is 10.1 Å². The van der Waals surface area contributed by atoms with Gasteiger partial charge in [-0.1, -0.05) is 72.8 Å². The molecule has 0 aliphatic rings. The molecule has 0 aromatic heterocycles. The van der Waals surface area contributed by atoms with Crippen molar-refractivity contribution < 1.29 is 10.1 Å². The summed E-state index contributed by atoms with van der Waals surface area (Å²) < 4.78 is 5.45. The number of hydrogen-bond donors (Lipinski definition) is 1. The van der Waals surface area contributed by atoms with Gasteiger partial charge in [-0.15, -0.1) is 0 Å². The lowest BCUT2D eigenvalue weighted by atomic mass is 9.91. The molecule has 2 nitrogen and oxygen atoms in total. The van der Waals surface area contributed by atoms with Crippen LogP contribution in [-0.2, 0) is 6.54 Å². The molecule has 122 valence electrons. The minimum atomic E-state index is 0.391. The second kappa shape index (κ2) is 8.32. The van der Waals surface area contributed by atoms with Crippen molar-refractivity contribution in [2.24, 2.45) is 0 Å². The van der Waals surface area contributed by atoms with Gasteiger partial charge in [0.1, 0.15) is 12.3 Å². The van der Waals surface area contributed by atoms with Crippen molar-refractivity contribution in [1.82, 2.24) is 0 Å². The Morgan fingerprint density at radius 2 is 1.29 bits per heavy atom. The number of rotatable bonds is 7. The number of hydrogen-bond acceptors (Lipinski definition) is 1. The topological polar surface area (TPSA) is 25.8 Å². The Morgan fingerprint density at radius 1 is 0.750 bits per heavy atom. The third-order valence-corrected chi connectivity index (χ3v) is 4.36. The van der Waals surface area contributed by atoms with E-state index in [4.69, 9.17) is 4.74 Å². The lowest BCUT2D eigenvalue weighted by Gasteiger charge is -2.17. The van der Waals surface area contributed by atoms with Crippen molar-refractivity contribution in [1.29, 1.82) is 0 Å². The second-order valence-corrected chi connectivity index (χ2v) is 5.91. The molecular formula is C22H24NO+. The van der Waals surface area contributed by atoms with Gasteiger partial charge in [0.25, 0.3) is 0 Å². The van der Waals surface area contributed by atoms with Crippen molar-refractivity contribution in [3.8, 4) is 5.75 Å². The summed E-state index contributed by atoms with van der Waals surface area (Å²) in [5.41, 5.74) is 3.96. The van der Waals surface area contributed by atoms with Gasteiger partial charge in [-0.25, -0.2) is 0 Å². The number of para-hydroxylation sites is 1. The Kier molecular flexibility index (Phi) is 5.65. The standard InChI is InChI=1S/C22H23NO/c1-24-22-15-9-8-14-20(22)16-23-17-21(18-10-4-2-5-11-18)19-12-6-3-7-13-19/h2-15,21,23H,16-17H2,1H3/p+1. The number of nitrogens with two attached hydrogens (primary N) is 1. The first-order valence-corrected chi connectivity index (χ1v) is 8.42. The van der Waals surface area contributed by atoms with E-state index in [9.17, 15) is 0 Å². The van der Waals surface area contributed by atoms with Gasteiger partial charge in [-0.3, -0.25) is 0 Å². The molecule has 0 bridgehead atoms. The molecule has 0 saturated carbocycles. The maximum absolute atomic E-state index is 5.45. The van der Waals surface area contributed by atoms with Crippen LogP contribution in [0.2, 0.25) is 0 Å².